The Morgan fingerprint density at radius 3 is 2.79 bits per heavy atom. The second-order valence-corrected chi connectivity index (χ2v) is 3.63. The molecule has 1 saturated heterocycles. The lowest BCUT2D eigenvalue weighted by molar-refractivity contribution is -0.132. The topological polar surface area (TPSA) is 50.4 Å². The van der Waals surface area contributed by atoms with Crippen LogP contribution in [0.1, 0.15) is 26.7 Å². The van der Waals surface area contributed by atoms with Gasteiger partial charge in [0.05, 0.1) is 0 Å². The normalized spacial score (nSPS) is 20.4. The molecule has 1 heterocycles. The van der Waals surface area contributed by atoms with Crippen molar-refractivity contribution in [3.63, 3.8) is 0 Å². The molecule has 0 aromatic heterocycles. The maximum Gasteiger partial charge on any atom is 0.249 e. The van der Waals surface area contributed by atoms with E-state index in [9.17, 15) is 4.79 Å². The van der Waals surface area contributed by atoms with Crippen molar-refractivity contribution in [2.75, 3.05) is 19.7 Å². The Hall–Kier alpha value is -0.610. The van der Waals surface area contributed by atoms with E-state index in [1.807, 2.05) is 6.92 Å². The van der Waals surface area contributed by atoms with E-state index in [0.29, 0.717) is 12.6 Å². The van der Waals surface area contributed by atoms with Gasteiger partial charge in [0.2, 0.25) is 5.91 Å². The number of hydrogen-bond acceptors (Lipinski definition) is 3. The van der Waals surface area contributed by atoms with Crippen LogP contribution in [0.25, 0.3) is 0 Å². The molecule has 1 rings (SSSR count). The van der Waals surface area contributed by atoms with Crippen molar-refractivity contribution in [2.45, 2.75) is 38.8 Å². The zero-order chi connectivity index (χ0) is 10.4. The van der Waals surface area contributed by atoms with Crippen molar-refractivity contribution >= 4 is 5.91 Å². The molecule has 1 amide bonds. The summed E-state index contributed by atoms with van der Waals surface area (Å²) in [6, 6.07) is 0.326. The Labute approximate surface area is 85.4 Å². The molecule has 1 unspecified atom stereocenters. The number of carbonyl (C=O) groups excluding carboxylic acids is 1. The van der Waals surface area contributed by atoms with Crippen LogP contribution in [0.15, 0.2) is 0 Å². The molecule has 0 saturated carbocycles. The van der Waals surface area contributed by atoms with Gasteiger partial charge in [-0.1, -0.05) is 0 Å². The summed E-state index contributed by atoms with van der Waals surface area (Å²) in [6.45, 7) is 6.26. The first-order valence-electron chi connectivity index (χ1n) is 5.36. The first-order valence-corrected chi connectivity index (χ1v) is 5.36. The maximum atomic E-state index is 11.5. The molecule has 4 heteroatoms. The molecule has 0 spiro atoms. The summed E-state index contributed by atoms with van der Waals surface area (Å²) >= 11 is 0. The second kappa shape index (κ2) is 5.98. The average molecular weight is 200 g/mol. The number of hydrogen-bond donors (Lipinski definition) is 2. The van der Waals surface area contributed by atoms with Crippen molar-refractivity contribution in [2.24, 2.45) is 0 Å². The molecular weight excluding hydrogens is 180 g/mol. The van der Waals surface area contributed by atoms with Gasteiger partial charge in [-0.05, 0) is 39.8 Å². The molecule has 1 fully saturated rings. The minimum atomic E-state index is -0.324. The molecule has 0 radical (unpaired) electrons. The minimum Gasteiger partial charge on any atom is -0.369 e. The van der Waals surface area contributed by atoms with Crippen molar-refractivity contribution in [3.05, 3.63) is 0 Å². The van der Waals surface area contributed by atoms with Gasteiger partial charge in [0.15, 0.2) is 0 Å². The number of ether oxygens (including phenoxy) is 1. The van der Waals surface area contributed by atoms with Crippen LogP contribution in [0.3, 0.4) is 0 Å². The molecule has 2 N–H and O–H groups in total. The van der Waals surface area contributed by atoms with Crippen LogP contribution in [0, 0.1) is 0 Å². The number of rotatable bonds is 4. The van der Waals surface area contributed by atoms with Gasteiger partial charge in [0.25, 0.3) is 0 Å². The molecule has 0 bridgehead atoms. The molecule has 1 aliphatic heterocycles. The molecule has 1 aliphatic rings. The van der Waals surface area contributed by atoms with E-state index < -0.39 is 0 Å². The van der Waals surface area contributed by atoms with Crippen molar-refractivity contribution in [3.8, 4) is 0 Å². The third-order valence-electron chi connectivity index (χ3n) is 2.47. The highest BCUT2D eigenvalue weighted by Gasteiger charge is 2.19. The smallest absolute Gasteiger partial charge is 0.249 e. The van der Waals surface area contributed by atoms with Gasteiger partial charge in [0.1, 0.15) is 6.10 Å². The van der Waals surface area contributed by atoms with E-state index in [-0.39, 0.29) is 12.0 Å². The lowest BCUT2D eigenvalue weighted by Gasteiger charge is -2.25. The highest BCUT2D eigenvalue weighted by Crippen LogP contribution is 2.02. The zero-order valence-electron chi connectivity index (χ0n) is 9.01. The van der Waals surface area contributed by atoms with Crippen LogP contribution in [-0.4, -0.2) is 37.7 Å². The van der Waals surface area contributed by atoms with Gasteiger partial charge < -0.3 is 15.4 Å². The standard InChI is InChI=1S/C10H20N2O2/c1-3-14-8(2)10(13)12-9-4-6-11-7-5-9/h8-9,11H,3-7H2,1-2H3,(H,12,13). The molecule has 1 atom stereocenters. The van der Waals surface area contributed by atoms with Crippen LogP contribution < -0.4 is 10.6 Å². The summed E-state index contributed by atoms with van der Waals surface area (Å²) in [7, 11) is 0. The summed E-state index contributed by atoms with van der Waals surface area (Å²) in [6.07, 6.45) is 1.71. The van der Waals surface area contributed by atoms with Crippen LogP contribution >= 0.6 is 0 Å². The maximum absolute atomic E-state index is 11.5. The Bertz CT molecular complexity index is 179. The summed E-state index contributed by atoms with van der Waals surface area (Å²) in [4.78, 5) is 11.5. The van der Waals surface area contributed by atoms with Crippen LogP contribution in [0.5, 0.6) is 0 Å². The van der Waals surface area contributed by atoms with Gasteiger partial charge >= 0.3 is 0 Å². The lowest BCUT2D eigenvalue weighted by atomic mass is 10.1. The summed E-state index contributed by atoms with van der Waals surface area (Å²) in [5.41, 5.74) is 0. The molecule has 14 heavy (non-hydrogen) atoms. The van der Waals surface area contributed by atoms with Crippen molar-refractivity contribution < 1.29 is 9.53 Å². The molecule has 0 aromatic carbocycles. The molecule has 0 aliphatic carbocycles. The molecule has 0 aromatic rings. The van der Waals surface area contributed by atoms with Crippen molar-refractivity contribution in [1.82, 2.24) is 10.6 Å². The summed E-state index contributed by atoms with van der Waals surface area (Å²) in [5, 5.41) is 6.26. The molecule has 82 valence electrons. The van der Waals surface area contributed by atoms with E-state index in [2.05, 4.69) is 10.6 Å². The first-order chi connectivity index (χ1) is 6.74. The Morgan fingerprint density at radius 2 is 2.21 bits per heavy atom. The SMILES string of the molecule is CCOC(C)C(=O)NC1CCNCC1. The average Bonchev–Trinajstić information content (AvgIpc) is 2.19. The fourth-order valence-corrected chi connectivity index (χ4v) is 1.61. The highest BCUT2D eigenvalue weighted by atomic mass is 16.5. The predicted molar refractivity (Wildman–Crippen MR) is 55.1 cm³/mol. The quantitative estimate of drug-likeness (QED) is 0.685. The third kappa shape index (κ3) is 3.64. The summed E-state index contributed by atoms with van der Waals surface area (Å²) in [5.74, 6) is 0.0127. The minimum absolute atomic E-state index is 0.0127. The molecular formula is C10H20N2O2. The fourth-order valence-electron chi connectivity index (χ4n) is 1.61. The van der Waals surface area contributed by atoms with E-state index in [0.717, 1.165) is 25.9 Å². The highest BCUT2D eigenvalue weighted by molar-refractivity contribution is 5.80. The monoisotopic (exact) mass is 200 g/mol. The summed E-state index contributed by atoms with van der Waals surface area (Å²) < 4.78 is 5.22. The largest absolute Gasteiger partial charge is 0.369 e. The van der Waals surface area contributed by atoms with E-state index in [4.69, 9.17) is 4.74 Å². The first kappa shape index (κ1) is 11.5. The van der Waals surface area contributed by atoms with Crippen LogP contribution in [0.4, 0.5) is 0 Å². The fraction of sp³-hybridized carbons (Fsp3) is 0.900. The third-order valence-corrected chi connectivity index (χ3v) is 2.47. The van der Waals surface area contributed by atoms with Gasteiger partial charge in [-0.3, -0.25) is 4.79 Å². The van der Waals surface area contributed by atoms with Crippen LogP contribution in [0.2, 0.25) is 0 Å². The van der Waals surface area contributed by atoms with Crippen molar-refractivity contribution in [1.29, 1.82) is 0 Å². The van der Waals surface area contributed by atoms with E-state index >= 15 is 0 Å². The predicted octanol–water partition coefficient (Wildman–Crippen LogP) is 0.280. The Balaban J connectivity index is 2.24. The van der Waals surface area contributed by atoms with Crippen LogP contribution in [-0.2, 0) is 9.53 Å². The second-order valence-electron chi connectivity index (χ2n) is 3.63. The van der Waals surface area contributed by atoms with Gasteiger partial charge in [-0.2, -0.15) is 0 Å². The lowest BCUT2D eigenvalue weighted by Crippen LogP contribution is -2.46. The van der Waals surface area contributed by atoms with E-state index in [1.165, 1.54) is 0 Å². The number of nitrogens with one attached hydrogen (secondary N) is 2. The van der Waals surface area contributed by atoms with Gasteiger partial charge in [-0.25, -0.2) is 0 Å². The number of piperidine rings is 1. The Morgan fingerprint density at radius 1 is 1.57 bits per heavy atom. The molecule has 4 nitrogen and oxygen atoms in total. The van der Waals surface area contributed by atoms with Gasteiger partial charge in [0, 0.05) is 12.6 Å². The van der Waals surface area contributed by atoms with E-state index in [1.54, 1.807) is 6.92 Å². The zero-order valence-corrected chi connectivity index (χ0v) is 9.01. The van der Waals surface area contributed by atoms with Gasteiger partial charge in [-0.15, -0.1) is 0 Å². The number of carbonyl (C=O) groups is 1. The Kier molecular flexibility index (Phi) is 4.90. The number of amides is 1.